The molecule has 7 heteroatoms. The fraction of sp³-hybridized carbons (Fsp3) is 0.429. The molecule has 0 radical (unpaired) electrons. The Morgan fingerprint density at radius 2 is 1.77 bits per heavy atom. The number of aliphatic hydroxyl groups excluding tert-OH is 1. The van der Waals surface area contributed by atoms with Crippen LogP contribution in [0.1, 0.15) is 57.2 Å². The predicted octanol–water partition coefficient (Wildman–Crippen LogP) is 5.78. The third-order valence-electron chi connectivity index (χ3n) is 6.37. The molecule has 1 fully saturated rings. The lowest BCUT2D eigenvalue weighted by Gasteiger charge is -2.27. The predicted molar refractivity (Wildman–Crippen MR) is 142 cm³/mol. The number of carbonyl (C=O) groups excluding carboxylic acids is 2. The van der Waals surface area contributed by atoms with Crippen LogP contribution in [0, 0.1) is 0 Å². The summed E-state index contributed by atoms with van der Waals surface area (Å²) in [6.07, 6.45) is 2.69. The van der Waals surface area contributed by atoms with Crippen molar-refractivity contribution in [2.24, 2.45) is 0 Å². The summed E-state index contributed by atoms with van der Waals surface area (Å²) < 4.78 is 6.68. The monoisotopic (exact) mass is 542 g/mol. The van der Waals surface area contributed by atoms with Gasteiger partial charge in [0.25, 0.3) is 11.7 Å². The molecule has 1 aliphatic heterocycles. The van der Waals surface area contributed by atoms with E-state index in [1.807, 2.05) is 30.3 Å². The summed E-state index contributed by atoms with van der Waals surface area (Å²) in [6, 6.07) is 13.9. The van der Waals surface area contributed by atoms with Crippen LogP contribution in [-0.2, 0) is 9.59 Å². The number of hydrogen-bond acceptors (Lipinski definition) is 5. The highest BCUT2D eigenvalue weighted by Crippen LogP contribution is 2.40. The highest BCUT2D eigenvalue weighted by atomic mass is 79.9. The second-order valence-electron chi connectivity index (χ2n) is 8.65. The first-order valence-electron chi connectivity index (χ1n) is 12.4. The van der Waals surface area contributed by atoms with E-state index in [-0.39, 0.29) is 11.3 Å². The van der Waals surface area contributed by atoms with Gasteiger partial charge in [0.05, 0.1) is 18.2 Å². The van der Waals surface area contributed by atoms with Crippen LogP contribution < -0.4 is 4.74 Å². The van der Waals surface area contributed by atoms with Crippen LogP contribution in [0.25, 0.3) is 5.76 Å². The number of unbranched alkanes of at least 4 members (excludes halogenated alkanes) is 1. The number of ketones is 1. The van der Waals surface area contributed by atoms with Crippen molar-refractivity contribution in [3.63, 3.8) is 0 Å². The number of benzene rings is 2. The van der Waals surface area contributed by atoms with E-state index < -0.39 is 17.7 Å². The summed E-state index contributed by atoms with van der Waals surface area (Å²) in [5.74, 6) is -0.787. The summed E-state index contributed by atoms with van der Waals surface area (Å²) in [7, 11) is 0. The first-order valence-corrected chi connectivity index (χ1v) is 13.2. The van der Waals surface area contributed by atoms with Crippen LogP contribution >= 0.6 is 15.9 Å². The summed E-state index contributed by atoms with van der Waals surface area (Å²) in [5, 5.41) is 11.3. The fourth-order valence-corrected chi connectivity index (χ4v) is 4.59. The van der Waals surface area contributed by atoms with E-state index in [2.05, 4.69) is 41.6 Å². The third kappa shape index (κ3) is 6.53. The third-order valence-corrected chi connectivity index (χ3v) is 6.90. The minimum absolute atomic E-state index is 0.117. The summed E-state index contributed by atoms with van der Waals surface area (Å²) in [6.45, 7) is 10.0. The van der Waals surface area contributed by atoms with Crippen molar-refractivity contribution in [3.05, 3.63) is 69.7 Å². The Hall–Kier alpha value is -2.64. The van der Waals surface area contributed by atoms with Gasteiger partial charge in [-0.15, -0.1) is 0 Å². The Labute approximate surface area is 216 Å². The molecule has 2 aromatic rings. The van der Waals surface area contributed by atoms with Gasteiger partial charge in [-0.05, 0) is 62.3 Å². The van der Waals surface area contributed by atoms with E-state index in [4.69, 9.17) is 4.74 Å². The van der Waals surface area contributed by atoms with Crippen LogP contribution in [-0.4, -0.2) is 59.4 Å². The van der Waals surface area contributed by atoms with E-state index in [0.29, 0.717) is 24.5 Å². The summed E-state index contributed by atoms with van der Waals surface area (Å²) in [4.78, 5) is 30.3. The van der Waals surface area contributed by atoms with Crippen molar-refractivity contribution < 1.29 is 19.4 Å². The van der Waals surface area contributed by atoms with Gasteiger partial charge in [-0.1, -0.05) is 67.4 Å². The van der Waals surface area contributed by atoms with Crippen LogP contribution in [0.2, 0.25) is 0 Å². The standard InChI is InChI=1S/C28H35BrN2O4/c1-4-7-18-35-23-11-8-10-21(19-23)26(32)24-25(20-12-14-22(29)15-13-20)31(28(34)27(24)33)17-9-16-30(5-2)6-3/h8,10-15,19,25,32H,4-7,9,16-18H2,1-3H3/b26-24+. The van der Waals surface area contributed by atoms with Gasteiger partial charge < -0.3 is 19.6 Å². The molecule has 0 aromatic heterocycles. The van der Waals surface area contributed by atoms with Crippen molar-refractivity contribution in [1.29, 1.82) is 0 Å². The smallest absolute Gasteiger partial charge is 0.295 e. The summed E-state index contributed by atoms with van der Waals surface area (Å²) >= 11 is 3.45. The quantitative estimate of drug-likeness (QED) is 0.159. The Bertz CT molecular complexity index is 1050. The maximum absolute atomic E-state index is 13.2. The van der Waals surface area contributed by atoms with E-state index in [1.54, 1.807) is 23.1 Å². The Morgan fingerprint density at radius 3 is 2.43 bits per heavy atom. The van der Waals surface area contributed by atoms with Gasteiger partial charge in [-0.2, -0.15) is 0 Å². The molecule has 1 unspecified atom stereocenters. The molecule has 1 saturated heterocycles. The molecule has 0 saturated carbocycles. The van der Waals surface area contributed by atoms with E-state index in [1.165, 1.54) is 0 Å². The zero-order valence-electron chi connectivity index (χ0n) is 20.8. The first-order chi connectivity index (χ1) is 16.9. The molecule has 1 N–H and O–H groups in total. The molecule has 1 aliphatic rings. The molecule has 1 atom stereocenters. The lowest BCUT2D eigenvalue weighted by molar-refractivity contribution is -0.140. The molecule has 2 aromatic carbocycles. The molecular formula is C28H35BrN2O4. The lowest BCUT2D eigenvalue weighted by Crippen LogP contribution is -2.33. The highest BCUT2D eigenvalue weighted by Gasteiger charge is 2.45. The van der Waals surface area contributed by atoms with Crippen LogP contribution in [0.4, 0.5) is 0 Å². The van der Waals surface area contributed by atoms with E-state index >= 15 is 0 Å². The minimum atomic E-state index is -0.657. The zero-order valence-corrected chi connectivity index (χ0v) is 22.4. The van der Waals surface area contributed by atoms with Crippen molar-refractivity contribution in [1.82, 2.24) is 9.80 Å². The number of aliphatic hydroxyl groups is 1. The second kappa shape index (κ2) is 12.9. The second-order valence-corrected chi connectivity index (χ2v) is 9.57. The Balaban J connectivity index is 1.98. The topological polar surface area (TPSA) is 70.1 Å². The molecule has 6 nitrogen and oxygen atoms in total. The van der Waals surface area contributed by atoms with E-state index in [0.717, 1.165) is 48.9 Å². The SMILES string of the molecule is CCCCOc1cccc(/C(O)=C2\C(=O)C(=O)N(CCCN(CC)CC)C2c2ccc(Br)cc2)c1. The Kier molecular flexibility index (Phi) is 9.93. The fourth-order valence-electron chi connectivity index (χ4n) is 4.33. The number of rotatable bonds is 12. The molecule has 0 bridgehead atoms. The van der Waals surface area contributed by atoms with Gasteiger partial charge in [0.15, 0.2) is 0 Å². The lowest BCUT2D eigenvalue weighted by atomic mass is 9.95. The molecule has 35 heavy (non-hydrogen) atoms. The van der Waals surface area contributed by atoms with Crippen LogP contribution in [0.15, 0.2) is 58.6 Å². The number of nitrogens with zero attached hydrogens (tertiary/aromatic N) is 2. The van der Waals surface area contributed by atoms with Gasteiger partial charge in [0, 0.05) is 16.6 Å². The molecule has 1 amide bonds. The summed E-state index contributed by atoms with van der Waals surface area (Å²) in [5.41, 5.74) is 1.36. The van der Waals surface area contributed by atoms with Gasteiger partial charge in [0.2, 0.25) is 0 Å². The molecule has 1 heterocycles. The van der Waals surface area contributed by atoms with Crippen molar-refractivity contribution in [2.75, 3.05) is 32.8 Å². The average Bonchev–Trinajstić information content (AvgIpc) is 3.12. The average molecular weight is 544 g/mol. The Morgan fingerprint density at radius 1 is 1.06 bits per heavy atom. The molecule has 3 rings (SSSR count). The molecule has 0 aliphatic carbocycles. The molecule has 188 valence electrons. The normalized spacial score (nSPS) is 17.4. The van der Waals surface area contributed by atoms with Crippen molar-refractivity contribution >= 4 is 33.4 Å². The first kappa shape index (κ1) is 27.0. The van der Waals surface area contributed by atoms with E-state index in [9.17, 15) is 14.7 Å². The van der Waals surface area contributed by atoms with Crippen LogP contribution in [0.3, 0.4) is 0 Å². The number of hydrogen-bond donors (Lipinski definition) is 1. The molecule has 0 spiro atoms. The van der Waals surface area contributed by atoms with Gasteiger partial charge >= 0.3 is 0 Å². The minimum Gasteiger partial charge on any atom is -0.507 e. The van der Waals surface area contributed by atoms with Crippen molar-refractivity contribution in [2.45, 2.75) is 46.1 Å². The number of likely N-dealkylation sites (tertiary alicyclic amines) is 1. The molecular weight excluding hydrogens is 508 g/mol. The number of carbonyl (C=O) groups is 2. The largest absolute Gasteiger partial charge is 0.507 e. The number of ether oxygens (including phenoxy) is 1. The number of amides is 1. The van der Waals surface area contributed by atoms with Gasteiger partial charge in [0.1, 0.15) is 11.5 Å². The highest BCUT2D eigenvalue weighted by molar-refractivity contribution is 9.10. The maximum atomic E-state index is 13.2. The van der Waals surface area contributed by atoms with Crippen LogP contribution in [0.5, 0.6) is 5.75 Å². The van der Waals surface area contributed by atoms with Gasteiger partial charge in [-0.3, -0.25) is 9.59 Å². The van der Waals surface area contributed by atoms with Gasteiger partial charge in [-0.25, -0.2) is 0 Å². The maximum Gasteiger partial charge on any atom is 0.295 e. The van der Waals surface area contributed by atoms with Crippen molar-refractivity contribution in [3.8, 4) is 5.75 Å². The number of Topliss-reactive ketones (excluding diaryl/α,β-unsaturated/α-hetero) is 1. The number of halogens is 1. The zero-order chi connectivity index (χ0) is 25.4.